The normalized spacial score (nSPS) is 32.3. The Bertz CT molecular complexity index is 404. The standard InChI is InChI=1S/C13H21NO6/c1-7(15)11-9(8-6-18-13(2,3)19-8)10(14-20-11)12(16-4)17-5/h8-9,11-12H,6H2,1-5H3/t8-,9-,11+/m1/s1. The molecule has 0 radical (unpaired) electrons. The minimum absolute atomic E-state index is 0.118. The average Bonchev–Trinajstić information content (AvgIpc) is 2.94. The summed E-state index contributed by atoms with van der Waals surface area (Å²) in [6, 6.07) is 0. The van der Waals surface area contributed by atoms with Crippen molar-refractivity contribution >= 4 is 11.5 Å². The van der Waals surface area contributed by atoms with Gasteiger partial charge in [-0.2, -0.15) is 0 Å². The van der Waals surface area contributed by atoms with Gasteiger partial charge in [0, 0.05) is 14.2 Å². The highest BCUT2D eigenvalue weighted by molar-refractivity contribution is 5.97. The van der Waals surface area contributed by atoms with Gasteiger partial charge in [0.05, 0.1) is 18.6 Å². The smallest absolute Gasteiger partial charge is 0.200 e. The second-order valence-electron chi connectivity index (χ2n) is 5.35. The zero-order valence-corrected chi connectivity index (χ0v) is 12.4. The molecule has 7 nitrogen and oxygen atoms in total. The van der Waals surface area contributed by atoms with Crippen molar-refractivity contribution in [2.24, 2.45) is 11.1 Å². The number of ketones is 1. The predicted molar refractivity (Wildman–Crippen MR) is 69.2 cm³/mol. The predicted octanol–water partition coefficient (Wildman–Crippen LogP) is 0.717. The van der Waals surface area contributed by atoms with Crippen LogP contribution >= 0.6 is 0 Å². The van der Waals surface area contributed by atoms with Crippen molar-refractivity contribution in [3.8, 4) is 0 Å². The van der Waals surface area contributed by atoms with E-state index in [-0.39, 0.29) is 17.8 Å². The summed E-state index contributed by atoms with van der Waals surface area (Å²) < 4.78 is 21.8. The first-order chi connectivity index (χ1) is 9.39. The molecule has 114 valence electrons. The van der Waals surface area contributed by atoms with Crippen LogP contribution in [0.1, 0.15) is 20.8 Å². The summed E-state index contributed by atoms with van der Waals surface area (Å²) in [4.78, 5) is 17.0. The van der Waals surface area contributed by atoms with E-state index in [0.29, 0.717) is 12.3 Å². The van der Waals surface area contributed by atoms with Crippen molar-refractivity contribution in [3.05, 3.63) is 0 Å². The molecule has 2 heterocycles. The number of carbonyl (C=O) groups is 1. The number of hydrogen-bond donors (Lipinski definition) is 0. The van der Waals surface area contributed by atoms with E-state index in [2.05, 4.69) is 5.16 Å². The minimum atomic E-state index is -0.694. The van der Waals surface area contributed by atoms with E-state index in [4.69, 9.17) is 23.8 Å². The van der Waals surface area contributed by atoms with Crippen molar-refractivity contribution in [2.75, 3.05) is 20.8 Å². The highest BCUT2D eigenvalue weighted by atomic mass is 16.7. The van der Waals surface area contributed by atoms with Gasteiger partial charge in [0.25, 0.3) is 0 Å². The van der Waals surface area contributed by atoms with Gasteiger partial charge in [-0.25, -0.2) is 0 Å². The first kappa shape index (κ1) is 15.4. The van der Waals surface area contributed by atoms with E-state index in [1.165, 1.54) is 21.1 Å². The van der Waals surface area contributed by atoms with E-state index in [9.17, 15) is 4.79 Å². The lowest BCUT2D eigenvalue weighted by atomic mass is 9.89. The summed E-state index contributed by atoms with van der Waals surface area (Å²) in [7, 11) is 3.01. The molecule has 0 N–H and O–H groups in total. The van der Waals surface area contributed by atoms with Gasteiger partial charge in [0.15, 0.2) is 24.0 Å². The molecule has 0 aromatic heterocycles. The summed E-state index contributed by atoms with van der Waals surface area (Å²) in [6.45, 7) is 5.48. The summed E-state index contributed by atoms with van der Waals surface area (Å²) >= 11 is 0. The summed E-state index contributed by atoms with van der Waals surface area (Å²) in [5.41, 5.74) is 0.515. The molecule has 1 fully saturated rings. The largest absolute Gasteiger partial charge is 0.384 e. The van der Waals surface area contributed by atoms with Gasteiger partial charge >= 0.3 is 0 Å². The third kappa shape index (κ3) is 2.85. The molecule has 0 saturated carbocycles. The quantitative estimate of drug-likeness (QED) is 0.693. The van der Waals surface area contributed by atoms with Gasteiger partial charge in [0.2, 0.25) is 0 Å². The monoisotopic (exact) mass is 287 g/mol. The fraction of sp³-hybridized carbons (Fsp3) is 0.846. The maximum Gasteiger partial charge on any atom is 0.200 e. The SMILES string of the molecule is COC(OC)C1=NO[C@@H](C(C)=O)[C@@H]1[C@H]1COC(C)(C)O1. The van der Waals surface area contributed by atoms with Crippen LogP contribution in [0.5, 0.6) is 0 Å². The highest BCUT2D eigenvalue weighted by Crippen LogP contribution is 2.34. The molecule has 0 aliphatic carbocycles. The molecule has 2 aliphatic rings. The second-order valence-corrected chi connectivity index (χ2v) is 5.35. The van der Waals surface area contributed by atoms with Gasteiger partial charge in [-0.3, -0.25) is 4.79 Å². The van der Waals surface area contributed by atoms with Crippen molar-refractivity contribution in [1.82, 2.24) is 0 Å². The molecule has 20 heavy (non-hydrogen) atoms. The Balaban J connectivity index is 2.22. The zero-order valence-electron chi connectivity index (χ0n) is 12.4. The number of Topliss-reactive ketones (excluding diaryl/α,β-unsaturated/α-hetero) is 1. The number of carbonyl (C=O) groups excluding carboxylic acids is 1. The fourth-order valence-corrected chi connectivity index (χ4v) is 2.54. The summed E-state index contributed by atoms with van der Waals surface area (Å²) in [6.07, 6.45) is -1.69. The number of hydrogen-bond acceptors (Lipinski definition) is 7. The third-order valence-corrected chi connectivity index (χ3v) is 3.44. The zero-order chi connectivity index (χ0) is 14.9. The van der Waals surface area contributed by atoms with Gasteiger partial charge < -0.3 is 23.8 Å². The van der Waals surface area contributed by atoms with Crippen molar-refractivity contribution in [2.45, 2.75) is 45.1 Å². The highest BCUT2D eigenvalue weighted by Gasteiger charge is 2.50. The van der Waals surface area contributed by atoms with Gasteiger partial charge in [-0.05, 0) is 20.8 Å². The number of oxime groups is 1. The number of nitrogens with zero attached hydrogens (tertiary/aromatic N) is 1. The van der Waals surface area contributed by atoms with Gasteiger partial charge in [-0.1, -0.05) is 5.16 Å². The maximum atomic E-state index is 11.7. The fourth-order valence-electron chi connectivity index (χ4n) is 2.54. The molecule has 2 rings (SSSR count). The van der Waals surface area contributed by atoms with E-state index < -0.39 is 18.2 Å². The molecule has 0 unspecified atom stereocenters. The first-order valence-electron chi connectivity index (χ1n) is 6.51. The minimum Gasteiger partial charge on any atom is -0.384 e. The Hall–Kier alpha value is -1.02. The molecule has 0 bridgehead atoms. The molecule has 0 aromatic rings. The molecule has 3 atom stereocenters. The average molecular weight is 287 g/mol. The lowest BCUT2D eigenvalue weighted by Crippen LogP contribution is -2.44. The third-order valence-electron chi connectivity index (χ3n) is 3.44. The van der Waals surface area contributed by atoms with Crippen LogP contribution in [0.15, 0.2) is 5.16 Å². The van der Waals surface area contributed by atoms with Gasteiger partial charge in [0.1, 0.15) is 5.71 Å². The molecule has 0 aromatic carbocycles. The Morgan fingerprint density at radius 1 is 1.40 bits per heavy atom. The van der Waals surface area contributed by atoms with E-state index in [1.807, 2.05) is 13.8 Å². The lowest BCUT2D eigenvalue weighted by Gasteiger charge is -2.25. The second kappa shape index (κ2) is 5.77. The Morgan fingerprint density at radius 3 is 2.50 bits per heavy atom. The molecular weight excluding hydrogens is 266 g/mol. The van der Waals surface area contributed by atoms with Crippen molar-refractivity contribution < 1.29 is 28.6 Å². The van der Waals surface area contributed by atoms with Crippen LogP contribution in [0.2, 0.25) is 0 Å². The molecule has 2 aliphatic heterocycles. The first-order valence-corrected chi connectivity index (χ1v) is 6.51. The Morgan fingerprint density at radius 2 is 2.05 bits per heavy atom. The van der Waals surface area contributed by atoms with Crippen LogP contribution in [-0.4, -0.2) is 56.6 Å². The summed E-state index contributed by atoms with van der Waals surface area (Å²) in [5, 5.41) is 3.96. The molecule has 0 amide bonds. The van der Waals surface area contributed by atoms with Crippen LogP contribution in [0.25, 0.3) is 0 Å². The van der Waals surface area contributed by atoms with Crippen LogP contribution in [0.3, 0.4) is 0 Å². The van der Waals surface area contributed by atoms with Crippen LogP contribution in [0.4, 0.5) is 0 Å². The number of methoxy groups -OCH3 is 2. The Labute approximate surface area is 118 Å². The molecule has 7 heteroatoms. The van der Waals surface area contributed by atoms with Gasteiger partial charge in [-0.15, -0.1) is 0 Å². The topological polar surface area (TPSA) is 75.6 Å². The molecule has 0 spiro atoms. The number of ether oxygens (including phenoxy) is 4. The van der Waals surface area contributed by atoms with Crippen LogP contribution in [-0.2, 0) is 28.6 Å². The number of rotatable bonds is 5. The summed E-state index contributed by atoms with van der Waals surface area (Å²) in [5.74, 6) is -1.18. The van der Waals surface area contributed by atoms with Crippen LogP contribution in [0, 0.1) is 5.92 Å². The molecular formula is C13H21NO6. The lowest BCUT2D eigenvalue weighted by molar-refractivity contribution is -0.150. The van der Waals surface area contributed by atoms with Crippen molar-refractivity contribution in [1.29, 1.82) is 0 Å². The Kier molecular flexibility index (Phi) is 4.43. The van der Waals surface area contributed by atoms with E-state index in [0.717, 1.165) is 0 Å². The van der Waals surface area contributed by atoms with Crippen molar-refractivity contribution in [3.63, 3.8) is 0 Å². The maximum absolute atomic E-state index is 11.7. The van der Waals surface area contributed by atoms with E-state index in [1.54, 1.807) is 0 Å². The van der Waals surface area contributed by atoms with Crippen LogP contribution < -0.4 is 0 Å². The molecule has 1 saturated heterocycles. The van der Waals surface area contributed by atoms with E-state index >= 15 is 0 Å².